The summed E-state index contributed by atoms with van der Waals surface area (Å²) in [6.45, 7) is 4.52. The minimum atomic E-state index is -0.299. The molecule has 2 unspecified atom stereocenters. The molecular weight excluding hydrogens is 226 g/mol. The van der Waals surface area contributed by atoms with Gasteiger partial charge in [-0.15, -0.1) is 0 Å². The minimum Gasteiger partial charge on any atom is -0.493 e. The summed E-state index contributed by atoms with van der Waals surface area (Å²) in [6, 6.07) is 8.77. The van der Waals surface area contributed by atoms with Crippen molar-refractivity contribution in [2.45, 2.75) is 45.3 Å². The molecule has 0 aromatic heterocycles. The second-order valence-corrected chi connectivity index (χ2v) is 4.86. The van der Waals surface area contributed by atoms with E-state index in [0.717, 1.165) is 18.6 Å². The third-order valence-corrected chi connectivity index (χ3v) is 3.09. The highest BCUT2D eigenvalue weighted by molar-refractivity contribution is 5.27. The molecule has 0 aliphatic carbocycles. The average molecular weight is 251 g/mol. The summed E-state index contributed by atoms with van der Waals surface area (Å²) < 4.78 is 5.55. The third kappa shape index (κ3) is 6.03. The number of aryl methyl sites for hydroxylation is 1. The fourth-order valence-electron chi connectivity index (χ4n) is 1.63. The molecule has 1 rings (SSSR count). The summed E-state index contributed by atoms with van der Waals surface area (Å²) in [5.74, 6) is 0.876. The molecule has 0 saturated carbocycles. The van der Waals surface area contributed by atoms with Gasteiger partial charge in [-0.05, 0) is 51.4 Å². The van der Waals surface area contributed by atoms with Gasteiger partial charge < -0.3 is 15.2 Å². The number of ether oxygens (including phenoxy) is 1. The van der Waals surface area contributed by atoms with Crippen LogP contribution in [0.3, 0.4) is 0 Å². The molecule has 0 fully saturated rings. The first-order valence-corrected chi connectivity index (χ1v) is 6.69. The molecule has 0 amide bonds. The fraction of sp³-hybridized carbons (Fsp3) is 0.600. The standard InChI is InChI=1S/C15H25NO2/c1-12(16-3)4-5-14-6-8-15(9-7-14)18-11-10-13(2)17/h6-9,12-13,16-17H,4-5,10-11H2,1-3H3. The van der Waals surface area contributed by atoms with Gasteiger partial charge in [0.1, 0.15) is 5.75 Å². The second-order valence-electron chi connectivity index (χ2n) is 4.86. The highest BCUT2D eigenvalue weighted by Gasteiger charge is 2.01. The maximum Gasteiger partial charge on any atom is 0.119 e. The van der Waals surface area contributed by atoms with Crippen LogP contribution in [0.15, 0.2) is 24.3 Å². The van der Waals surface area contributed by atoms with Gasteiger partial charge in [-0.3, -0.25) is 0 Å². The molecule has 0 aliphatic rings. The van der Waals surface area contributed by atoms with Crippen LogP contribution in [0.25, 0.3) is 0 Å². The molecule has 2 N–H and O–H groups in total. The zero-order valence-corrected chi connectivity index (χ0v) is 11.6. The predicted molar refractivity (Wildman–Crippen MR) is 75.1 cm³/mol. The lowest BCUT2D eigenvalue weighted by atomic mass is 10.1. The number of hydrogen-bond donors (Lipinski definition) is 2. The summed E-state index contributed by atoms with van der Waals surface area (Å²) in [7, 11) is 1.99. The van der Waals surface area contributed by atoms with Crippen LogP contribution in [0.2, 0.25) is 0 Å². The Labute approximate surface area is 110 Å². The smallest absolute Gasteiger partial charge is 0.119 e. The Bertz CT molecular complexity index is 322. The van der Waals surface area contributed by atoms with Gasteiger partial charge >= 0.3 is 0 Å². The number of aliphatic hydroxyl groups excluding tert-OH is 1. The van der Waals surface area contributed by atoms with Gasteiger partial charge in [0, 0.05) is 12.5 Å². The summed E-state index contributed by atoms with van der Waals surface area (Å²) in [6.07, 6.45) is 2.59. The number of rotatable bonds is 8. The first-order valence-electron chi connectivity index (χ1n) is 6.69. The van der Waals surface area contributed by atoms with Crippen molar-refractivity contribution in [1.82, 2.24) is 5.32 Å². The lowest BCUT2D eigenvalue weighted by Crippen LogP contribution is -2.21. The van der Waals surface area contributed by atoms with Gasteiger partial charge in [-0.1, -0.05) is 12.1 Å². The molecule has 18 heavy (non-hydrogen) atoms. The van der Waals surface area contributed by atoms with Crippen molar-refractivity contribution < 1.29 is 9.84 Å². The summed E-state index contributed by atoms with van der Waals surface area (Å²) in [4.78, 5) is 0. The largest absolute Gasteiger partial charge is 0.493 e. The monoisotopic (exact) mass is 251 g/mol. The molecule has 0 spiro atoms. The molecule has 1 aromatic rings. The van der Waals surface area contributed by atoms with E-state index in [1.807, 2.05) is 19.2 Å². The van der Waals surface area contributed by atoms with Crippen molar-refractivity contribution in [2.75, 3.05) is 13.7 Å². The molecule has 0 saturated heterocycles. The van der Waals surface area contributed by atoms with Crippen molar-refractivity contribution in [1.29, 1.82) is 0 Å². The maximum absolute atomic E-state index is 9.13. The Hall–Kier alpha value is -1.06. The van der Waals surface area contributed by atoms with Gasteiger partial charge in [0.2, 0.25) is 0 Å². The van der Waals surface area contributed by atoms with Gasteiger partial charge in [0.25, 0.3) is 0 Å². The predicted octanol–water partition coefficient (Wildman–Crippen LogP) is 2.38. The SMILES string of the molecule is CNC(C)CCc1ccc(OCCC(C)O)cc1. The van der Waals surface area contributed by atoms with E-state index in [2.05, 4.69) is 24.4 Å². The molecule has 2 atom stereocenters. The van der Waals surface area contributed by atoms with Crippen molar-refractivity contribution in [3.05, 3.63) is 29.8 Å². The Morgan fingerprint density at radius 3 is 2.39 bits per heavy atom. The molecule has 102 valence electrons. The normalized spacial score (nSPS) is 14.2. The van der Waals surface area contributed by atoms with E-state index >= 15 is 0 Å². The van der Waals surface area contributed by atoms with E-state index in [0.29, 0.717) is 19.1 Å². The van der Waals surface area contributed by atoms with Crippen LogP contribution >= 0.6 is 0 Å². The van der Waals surface area contributed by atoms with Gasteiger partial charge in [0.05, 0.1) is 12.7 Å². The Morgan fingerprint density at radius 2 is 1.83 bits per heavy atom. The lowest BCUT2D eigenvalue weighted by Gasteiger charge is -2.11. The van der Waals surface area contributed by atoms with Crippen LogP contribution in [-0.4, -0.2) is 30.9 Å². The van der Waals surface area contributed by atoms with E-state index in [9.17, 15) is 0 Å². The molecule has 0 bridgehead atoms. The van der Waals surface area contributed by atoms with E-state index in [-0.39, 0.29) is 6.10 Å². The topological polar surface area (TPSA) is 41.5 Å². The minimum absolute atomic E-state index is 0.299. The van der Waals surface area contributed by atoms with Crippen LogP contribution in [0.4, 0.5) is 0 Å². The van der Waals surface area contributed by atoms with E-state index in [1.54, 1.807) is 6.92 Å². The Kier molecular flexibility index (Phi) is 6.76. The maximum atomic E-state index is 9.13. The molecule has 1 aromatic carbocycles. The Balaban J connectivity index is 2.33. The highest BCUT2D eigenvalue weighted by atomic mass is 16.5. The summed E-state index contributed by atoms with van der Waals surface area (Å²) >= 11 is 0. The number of hydrogen-bond acceptors (Lipinski definition) is 3. The van der Waals surface area contributed by atoms with E-state index in [4.69, 9.17) is 9.84 Å². The van der Waals surface area contributed by atoms with Crippen LogP contribution in [0, 0.1) is 0 Å². The number of benzene rings is 1. The second kappa shape index (κ2) is 8.11. The highest BCUT2D eigenvalue weighted by Crippen LogP contribution is 2.14. The van der Waals surface area contributed by atoms with E-state index < -0.39 is 0 Å². The van der Waals surface area contributed by atoms with Gasteiger partial charge in [-0.2, -0.15) is 0 Å². The third-order valence-electron chi connectivity index (χ3n) is 3.09. The first kappa shape index (κ1) is 15.0. The average Bonchev–Trinajstić information content (AvgIpc) is 2.37. The fourth-order valence-corrected chi connectivity index (χ4v) is 1.63. The molecule has 0 aliphatic heterocycles. The summed E-state index contributed by atoms with van der Waals surface area (Å²) in [5.41, 5.74) is 1.33. The lowest BCUT2D eigenvalue weighted by molar-refractivity contribution is 0.155. The van der Waals surface area contributed by atoms with Crippen molar-refractivity contribution >= 4 is 0 Å². The quantitative estimate of drug-likeness (QED) is 0.745. The van der Waals surface area contributed by atoms with Crippen molar-refractivity contribution in [3.8, 4) is 5.75 Å². The van der Waals surface area contributed by atoms with Gasteiger partial charge in [-0.25, -0.2) is 0 Å². The van der Waals surface area contributed by atoms with Crippen LogP contribution in [-0.2, 0) is 6.42 Å². The molecular formula is C15H25NO2. The van der Waals surface area contributed by atoms with Crippen LogP contribution in [0.1, 0.15) is 32.3 Å². The zero-order valence-electron chi connectivity index (χ0n) is 11.6. The first-order chi connectivity index (χ1) is 8.61. The summed E-state index contributed by atoms with van der Waals surface area (Å²) in [5, 5.41) is 12.4. The molecule has 0 heterocycles. The van der Waals surface area contributed by atoms with Crippen molar-refractivity contribution in [2.24, 2.45) is 0 Å². The van der Waals surface area contributed by atoms with Gasteiger partial charge in [0.15, 0.2) is 0 Å². The van der Waals surface area contributed by atoms with E-state index in [1.165, 1.54) is 5.56 Å². The molecule has 3 heteroatoms. The van der Waals surface area contributed by atoms with Crippen LogP contribution in [0.5, 0.6) is 5.75 Å². The van der Waals surface area contributed by atoms with Crippen molar-refractivity contribution in [3.63, 3.8) is 0 Å². The number of aliphatic hydroxyl groups is 1. The molecule has 0 radical (unpaired) electrons. The zero-order chi connectivity index (χ0) is 13.4. The van der Waals surface area contributed by atoms with Crippen LogP contribution < -0.4 is 10.1 Å². The Morgan fingerprint density at radius 1 is 1.17 bits per heavy atom. The number of nitrogens with one attached hydrogen (secondary N) is 1. The molecule has 3 nitrogen and oxygen atoms in total.